The zero-order chi connectivity index (χ0) is 12.9. The van der Waals surface area contributed by atoms with Crippen molar-refractivity contribution in [3.05, 3.63) is 0 Å². The van der Waals surface area contributed by atoms with Gasteiger partial charge < -0.3 is 20.1 Å². The van der Waals surface area contributed by atoms with Gasteiger partial charge in [0.2, 0.25) is 0 Å². The van der Waals surface area contributed by atoms with E-state index in [1.807, 2.05) is 0 Å². The summed E-state index contributed by atoms with van der Waals surface area (Å²) >= 11 is 0. The molecule has 0 saturated heterocycles. The van der Waals surface area contributed by atoms with Crippen LogP contribution in [0.3, 0.4) is 0 Å². The predicted molar refractivity (Wildman–Crippen MR) is 87.0 cm³/mol. The minimum Gasteiger partial charge on any atom is -0.382 e. The van der Waals surface area contributed by atoms with Gasteiger partial charge in [-0.3, -0.25) is 4.99 Å². The van der Waals surface area contributed by atoms with Gasteiger partial charge in [-0.05, 0) is 26.7 Å². The molecule has 0 aromatic rings. The van der Waals surface area contributed by atoms with E-state index < -0.39 is 0 Å². The van der Waals surface area contributed by atoms with E-state index in [9.17, 15) is 0 Å². The number of guanidine groups is 1. The Kier molecular flexibility index (Phi) is 16.8. The Morgan fingerprint density at radius 1 is 1.17 bits per heavy atom. The number of hydrogen-bond acceptors (Lipinski definition) is 3. The summed E-state index contributed by atoms with van der Waals surface area (Å²) in [6.45, 7) is 7.25. The highest BCUT2D eigenvalue weighted by molar-refractivity contribution is 14.0. The van der Waals surface area contributed by atoms with E-state index in [0.717, 1.165) is 32.0 Å². The van der Waals surface area contributed by atoms with Gasteiger partial charge in [-0.15, -0.1) is 24.0 Å². The van der Waals surface area contributed by atoms with Crippen LogP contribution in [-0.2, 0) is 9.47 Å². The number of aliphatic imine (C=N–C) groups is 1. The van der Waals surface area contributed by atoms with Crippen LogP contribution in [0.4, 0.5) is 0 Å². The lowest BCUT2D eigenvalue weighted by atomic mass is 10.3. The van der Waals surface area contributed by atoms with Gasteiger partial charge in [-0.2, -0.15) is 0 Å². The van der Waals surface area contributed by atoms with Crippen LogP contribution in [-0.4, -0.2) is 52.5 Å². The Balaban J connectivity index is 0. The lowest BCUT2D eigenvalue weighted by molar-refractivity contribution is 0.0689. The molecule has 2 N–H and O–H groups in total. The lowest BCUT2D eigenvalue weighted by Gasteiger charge is -2.14. The molecule has 0 aliphatic heterocycles. The number of rotatable bonds is 9. The molecule has 0 atom stereocenters. The number of hydrogen-bond donors (Lipinski definition) is 2. The maximum absolute atomic E-state index is 5.37. The van der Waals surface area contributed by atoms with Gasteiger partial charge in [0.1, 0.15) is 0 Å². The van der Waals surface area contributed by atoms with E-state index in [1.165, 1.54) is 0 Å². The first kappa shape index (κ1) is 20.2. The third kappa shape index (κ3) is 14.0. The molecule has 0 radical (unpaired) electrons. The molecule has 0 spiro atoms. The van der Waals surface area contributed by atoms with Crippen molar-refractivity contribution in [1.82, 2.24) is 10.6 Å². The van der Waals surface area contributed by atoms with Crippen LogP contribution in [0.2, 0.25) is 0 Å². The van der Waals surface area contributed by atoms with Gasteiger partial charge in [0.15, 0.2) is 5.96 Å². The first-order chi connectivity index (χ1) is 8.20. The summed E-state index contributed by atoms with van der Waals surface area (Å²) < 4.78 is 10.3. The smallest absolute Gasteiger partial charge is 0.191 e. The molecule has 5 nitrogen and oxygen atoms in total. The molecule has 110 valence electrons. The fourth-order valence-corrected chi connectivity index (χ4v) is 1.25. The summed E-state index contributed by atoms with van der Waals surface area (Å²) in [6.07, 6.45) is 2.13. The maximum Gasteiger partial charge on any atom is 0.191 e. The quantitative estimate of drug-likeness (QED) is 0.279. The largest absolute Gasteiger partial charge is 0.382 e. The Morgan fingerprint density at radius 3 is 2.44 bits per heavy atom. The third-order valence-electron chi connectivity index (χ3n) is 2.09. The van der Waals surface area contributed by atoms with Gasteiger partial charge in [-0.25, -0.2) is 0 Å². The third-order valence-corrected chi connectivity index (χ3v) is 2.09. The molecular weight excluding hydrogens is 345 g/mol. The molecule has 0 heterocycles. The monoisotopic (exact) mass is 373 g/mol. The van der Waals surface area contributed by atoms with Crippen LogP contribution >= 0.6 is 24.0 Å². The molecule has 18 heavy (non-hydrogen) atoms. The molecule has 0 aromatic heterocycles. The van der Waals surface area contributed by atoms with Crippen LogP contribution in [0.5, 0.6) is 0 Å². The fourth-order valence-electron chi connectivity index (χ4n) is 1.25. The zero-order valence-electron chi connectivity index (χ0n) is 12.0. The average Bonchev–Trinajstić information content (AvgIpc) is 2.30. The summed E-state index contributed by atoms with van der Waals surface area (Å²) in [4.78, 5) is 4.13. The molecule has 0 aliphatic carbocycles. The van der Waals surface area contributed by atoms with Gasteiger partial charge in [0.25, 0.3) is 0 Å². The second-order valence-corrected chi connectivity index (χ2v) is 4.11. The number of halogens is 1. The maximum atomic E-state index is 5.37. The highest BCUT2D eigenvalue weighted by atomic mass is 127. The number of unbranched alkanes of at least 4 members (excludes halogenated alkanes) is 1. The van der Waals surface area contributed by atoms with Crippen molar-refractivity contribution in [3.8, 4) is 0 Å². The molecule has 0 bridgehead atoms. The van der Waals surface area contributed by atoms with Crippen molar-refractivity contribution in [1.29, 1.82) is 0 Å². The Hall–Kier alpha value is -0.0800. The van der Waals surface area contributed by atoms with Crippen molar-refractivity contribution in [3.63, 3.8) is 0 Å². The fraction of sp³-hybridized carbons (Fsp3) is 0.917. The number of methoxy groups -OCH3 is 1. The SMILES string of the molecule is CN=C(NCCCCOCCOC)NC(C)C.I. The van der Waals surface area contributed by atoms with Gasteiger partial charge >= 0.3 is 0 Å². The van der Waals surface area contributed by atoms with Gasteiger partial charge in [-0.1, -0.05) is 0 Å². The molecular formula is C12H28IN3O2. The molecule has 0 unspecified atom stereocenters. The van der Waals surface area contributed by atoms with E-state index in [-0.39, 0.29) is 24.0 Å². The minimum atomic E-state index is 0. The molecule has 0 saturated carbocycles. The molecule has 0 amide bonds. The predicted octanol–water partition coefficient (Wildman–Crippen LogP) is 1.62. The zero-order valence-corrected chi connectivity index (χ0v) is 14.3. The summed E-state index contributed by atoms with van der Waals surface area (Å²) in [5.41, 5.74) is 0. The molecule has 6 heteroatoms. The first-order valence-corrected chi connectivity index (χ1v) is 6.24. The van der Waals surface area contributed by atoms with E-state index >= 15 is 0 Å². The van der Waals surface area contributed by atoms with Crippen LogP contribution in [0.25, 0.3) is 0 Å². The van der Waals surface area contributed by atoms with Crippen molar-refractivity contribution in [2.75, 3.05) is 40.5 Å². The number of ether oxygens (including phenoxy) is 2. The van der Waals surface area contributed by atoms with Crippen molar-refractivity contribution < 1.29 is 9.47 Å². The molecule has 0 aromatic carbocycles. The second kappa shape index (κ2) is 15.0. The van der Waals surface area contributed by atoms with E-state index in [1.54, 1.807) is 14.2 Å². The Morgan fingerprint density at radius 2 is 1.89 bits per heavy atom. The summed E-state index contributed by atoms with van der Waals surface area (Å²) in [6, 6.07) is 0.401. The number of nitrogens with zero attached hydrogens (tertiary/aromatic N) is 1. The summed E-state index contributed by atoms with van der Waals surface area (Å²) in [5.74, 6) is 0.861. The normalized spacial score (nSPS) is 11.3. The summed E-state index contributed by atoms with van der Waals surface area (Å²) in [5, 5.41) is 6.50. The molecule has 0 rings (SSSR count). The van der Waals surface area contributed by atoms with Crippen molar-refractivity contribution in [2.45, 2.75) is 32.7 Å². The van der Waals surface area contributed by atoms with E-state index in [0.29, 0.717) is 19.3 Å². The van der Waals surface area contributed by atoms with Crippen LogP contribution < -0.4 is 10.6 Å². The number of nitrogens with one attached hydrogen (secondary N) is 2. The van der Waals surface area contributed by atoms with Crippen LogP contribution in [0.15, 0.2) is 4.99 Å². The van der Waals surface area contributed by atoms with E-state index in [4.69, 9.17) is 9.47 Å². The highest BCUT2D eigenvalue weighted by Crippen LogP contribution is 1.89. The van der Waals surface area contributed by atoms with Gasteiger partial charge in [0.05, 0.1) is 13.2 Å². The molecule has 0 fully saturated rings. The van der Waals surface area contributed by atoms with Crippen LogP contribution in [0, 0.1) is 0 Å². The standard InChI is InChI=1S/C12H27N3O2.HI/c1-11(2)15-12(13-3)14-7-5-6-8-17-10-9-16-4;/h11H,5-10H2,1-4H3,(H2,13,14,15);1H. The molecule has 0 aliphatic rings. The van der Waals surface area contributed by atoms with Crippen molar-refractivity contribution in [2.24, 2.45) is 4.99 Å². The highest BCUT2D eigenvalue weighted by Gasteiger charge is 1.98. The topological polar surface area (TPSA) is 54.9 Å². The van der Waals surface area contributed by atoms with E-state index in [2.05, 4.69) is 29.5 Å². The second-order valence-electron chi connectivity index (χ2n) is 4.11. The Bertz CT molecular complexity index is 202. The minimum absolute atomic E-state index is 0. The summed E-state index contributed by atoms with van der Waals surface area (Å²) in [7, 11) is 3.46. The van der Waals surface area contributed by atoms with Crippen molar-refractivity contribution >= 4 is 29.9 Å². The van der Waals surface area contributed by atoms with Crippen LogP contribution in [0.1, 0.15) is 26.7 Å². The first-order valence-electron chi connectivity index (χ1n) is 6.24. The lowest BCUT2D eigenvalue weighted by Crippen LogP contribution is -2.41. The average molecular weight is 373 g/mol. The Labute approximate surface area is 128 Å². The van der Waals surface area contributed by atoms with Gasteiger partial charge in [0, 0.05) is 33.4 Å².